The number of aromatic nitrogens is 1. The molecule has 0 bridgehead atoms. The number of hydrogen-bond donors (Lipinski definition) is 1. The van der Waals surface area contributed by atoms with E-state index in [2.05, 4.69) is 10.5 Å². The normalized spacial score (nSPS) is 12.2. The lowest BCUT2D eigenvalue weighted by Gasteiger charge is -2.14. The van der Waals surface area contributed by atoms with Crippen molar-refractivity contribution in [3.05, 3.63) is 52.4 Å². The first kappa shape index (κ1) is 16.1. The van der Waals surface area contributed by atoms with E-state index in [-0.39, 0.29) is 12.3 Å². The maximum atomic E-state index is 13.2. The molecule has 2 rings (SSSR count). The van der Waals surface area contributed by atoms with Gasteiger partial charge in [0, 0.05) is 12.0 Å². The van der Waals surface area contributed by atoms with Crippen LogP contribution >= 0.6 is 0 Å². The topological polar surface area (TPSA) is 55.1 Å². The highest BCUT2D eigenvalue weighted by molar-refractivity contribution is 5.76. The predicted molar refractivity (Wildman–Crippen MR) is 77.2 cm³/mol. The molecule has 0 aliphatic rings. The molecule has 1 aromatic carbocycles. The van der Waals surface area contributed by atoms with Gasteiger partial charge in [0.25, 0.3) is 0 Å². The summed E-state index contributed by atoms with van der Waals surface area (Å²) in [6.07, 6.45) is 0.800. The Kier molecular flexibility index (Phi) is 4.90. The lowest BCUT2D eigenvalue weighted by atomic mass is 10.1. The van der Waals surface area contributed by atoms with E-state index in [4.69, 9.17) is 4.52 Å². The van der Waals surface area contributed by atoms with Crippen molar-refractivity contribution >= 4 is 5.91 Å². The Morgan fingerprint density at radius 3 is 2.64 bits per heavy atom. The molecule has 0 fully saturated rings. The highest BCUT2D eigenvalue weighted by Gasteiger charge is 2.14. The third-order valence-electron chi connectivity index (χ3n) is 3.60. The van der Waals surface area contributed by atoms with Crippen LogP contribution in [0.1, 0.15) is 42.0 Å². The summed E-state index contributed by atoms with van der Waals surface area (Å²) in [5.74, 6) is -1.29. The first-order valence-corrected chi connectivity index (χ1v) is 7.04. The molecule has 0 spiro atoms. The zero-order chi connectivity index (χ0) is 16.3. The van der Waals surface area contributed by atoms with Crippen LogP contribution in [-0.2, 0) is 11.2 Å². The summed E-state index contributed by atoms with van der Waals surface area (Å²) in [7, 11) is 0. The Morgan fingerprint density at radius 1 is 1.32 bits per heavy atom. The van der Waals surface area contributed by atoms with E-state index in [0.717, 1.165) is 23.4 Å². The Labute approximate surface area is 127 Å². The average Bonchev–Trinajstić information content (AvgIpc) is 2.78. The van der Waals surface area contributed by atoms with Crippen LogP contribution in [0.2, 0.25) is 0 Å². The molecule has 0 saturated carbocycles. The lowest BCUT2D eigenvalue weighted by molar-refractivity contribution is -0.121. The highest BCUT2D eigenvalue weighted by Crippen LogP contribution is 2.17. The molecule has 1 heterocycles. The Hall–Kier alpha value is -2.24. The van der Waals surface area contributed by atoms with Gasteiger partial charge in [-0.1, -0.05) is 11.2 Å². The van der Waals surface area contributed by atoms with Crippen LogP contribution in [0.15, 0.2) is 22.7 Å². The van der Waals surface area contributed by atoms with E-state index in [0.29, 0.717) is 17.7 Å². The number of aryl methyl sites for hydroxylation is 2. The third-order valence-corrected chi connectivity index (χ3v) is 3.60. The fourth-order valence-corrected chi connectivity index (χ4v) is 2.28. The molecule has 22 heavy (non-hydrogen) atoms. The second-order valence-corrected chi connectivity index (χ2v) is 5.27. The molecule has 1 unspecified atom stereocenters. The van der Waals surface area contributed by atoms with Gasteiger partial charge < -0.3 is 9.84 Å². The molecule has 4 nitrogen and oxygen atoms in total. The van der Waals surface area contributed by atoms with Crippen molar-refractivity contribution in [1.29, 1.82) is 0 Å². The largest absolute Gasteiger partial charge is 0.361 e. The van der Waals surface area contributed by atoms with Gasteiger partial charge in [0.15, 0.2) is 11.6 Å². The van der Waals surface area contributed by atoms with Gasteiger partial charge in [0.1, 0.15) is 5.76 Å². The quantitative estimate of drug-likeness (QED) is 0.921. The summed E-state index contributed by atoms with van der Waals surface area (Å²) in [5, 5.41) is 6.60. The minimum absolute atomic E-state index is 0.169. The minimum atomic E-state index is -0.922. The van der Waals surface area contributed by atoms with Crippen LogP contribution in [-0.4, -0.2) is 11.1 Å². The summed E-state index contributed by atoms with van der Waals surface area (Å²) < 4.78 is 31.1. The van der Waals surface area contributed by atoms with E-state index in [1.807, 2.05) is 6.92 Å². The Bertz CT molecular complexity index is 663. The van der Waals surface area contributed by atoms with Crippen LogP contribution < -0.4 is 5.32 Å². The summed E-state index contributed by atoms with van der Waals surface area (Å²) in [5.41, 5.74) is 2.22. The van der Waals surface area contributed by atoms with E-state index in [1.54, 1.807) is 13.8 Å². The predicted octanol–water partition coefficient (Wildman–Crippen LogP) is 3.38. The number of benzene rings is 1. The van der Waals surface area contributed by atoms with Crippen molar-refractivity contribution in [2.45, 2.75) is 39.7 Å². The summed E-state index contributed by atoms with van der Waals surface area (Å²) in [6.45, 7) is 5.35. The van der Waals surface area contributed by atoms with Gasteiger partial charge in [0.05, 0.1) is 11.7 Å². The molecular weight excluding hydrogens is 290 g/mol. The number of halogens is 2. The summed E-state index contributed by atoms with van der Waals surface area (Å²) in [4.78, 5) is 12.0. The van der Waals surface area contributed by atoms with Crippen molar-refractivity contribution in [2.24, 2.45) is 0 Å². The smallest absolute Gasteiger partial charge is 0.220 e. The molecule has 1 amide bonds. The van der Waals surface area contributed by atoms with Crippen LogP contribution in [0.5, 0.6) is 0 Å². The molecule has 0 aliphatic carbocycles. The standard InChI is InChI=1S/C16H18F2N2O2/c1-9(12-4-6-14(17)15(18)8-12)19-16(21)7-5-13-10(2)20-22-11(13)3/h4,6,8-9H,5,7H2,1-3H3,(H,19,21). The minimum Gasteiger partial charge on any atom is -0.361 e. The maximum Gasteiger partial charge on any atom is 0.220 e. The maximum absolute atomic E-state index is 13.2. The highest BCUT2D eigenvalue weighted by atomic mass is 19.2. The van der Waals surface area contributed by atoms with Crippen LogP contribution in [0.3, 0.4) is 0 Å². The molecular formula is C16H18F2N2O2. The third kappa shape index (κ3) is 3.69. The molecule has 1 aromatic heterocycles. The number of rotatable bonds is 5. The van der Waals surface area contributed by atoms with Crippen molar-refractivity contribution in [2.75, 3.05) is 0 Å². The fraction of sp³-hybridized carbons (Fsp3) is 0.375. The van der Waals surface area contributed by atoms with Crippen molar-refractivity contribution in [1.82, 2.24) is 10.5 Å². The van der Waals surface area contributed by atoms with Gasteiger partial charge in [0.2, 0.25) is 5.91 Å². The van der Waals surface area contributed by atoms with E-state index >= 15 is 0 Å². The average molecular weight is 308 g/mol. The van der Waals surface area contributed by atoms with Gasteiger partial charge in [-0.3, -0.25) is 4.79 Å². The van der Waals surface area contributed by atoms with E-state index < -0.39 is 17.7 Å². The SMILES string of the molecule is Cc1noc(C)c1CCC(=O)NC(C)c1ccc(F)c(F)c1. The number of amides is 1. The van der Waals surface area contributed by atoms with Gasteiger partial charge in [-0.05, 0) is 44.9 Å². The van der Waals surface area contributed by atoms with Crippen LogP contribution in [0.4, 0.5) is 8.78 Å². The zero-order valence-corrected chi connectivity index (χ0v) is 12.7. The molecule has 1 atom stereocenters. The number of nitrogens with zero attached hydrogens (tertiary/aromatic N) is 1. The summed E-state index contributed by atoms with van der Waals surface area (Å²) in [6, 6.07) is 3.20. The second kappa shape index (κ2) is 6.68. The van der Waals surface area contributed by atoms with Crippen LogP contribution in [0.25, 0.3) is 0 Å². The lowest BCUT2D eigenvalue weighted by Crippen LogP contribution is -2.27. The van der Waals surface area contributed by atoms with Crippen molar-refractivity contribution in [3.63, 3.8) is 0 Å². The Balaban J connectivity index is 1.92. The van der Waals surface area contributed by atoms with Crippen molar-refractivity contribution < 1.29 is 18.1 Å². The summed E-state index contributed by atoms with van der Waals surface area (Å²) >= 11 is 0. The first-order valence-electron chi connectivity index (χ1n) is 7.04. The van der Waals surface area contributed by atoms with Gasteiger partial charge in [-0.15, -0.1) is 0 Å². The van der Waals surface area contributed by atoms with Gasteiger partial charge in [-0.25, -0.2) is 8.78 Å². The number of carbonyl (C=O) groups is 1. The monoisotopic (exact) mass is 308 g/mol. The number of carbonyl (C=O) groups excluding carboxylic acids is 1. The molecule has 1 N–H and O–H groups in total. The second-order valence-electron chi connectivity index (χ2n) is 5.27. The molecule has 0 saturated heterocycles. The molecule has 6 heteroatoms. The van der Waals surface area contributed by atoms with Crippen LogP contribution in [0, 0.1) is 25.5 Å². The Morgan fingerprint density at radius 2 is 2.05 bits per heavy atom. The zero-order valence-electron chi connectivity index (χ0n) is 12.7. The van der Waals surface area contributed by atoms with E-state index in [1.165, 1.54) is 6.07 Å². The van der Waals surface area contributed by atoms with Crippen molar-refractivity contribution in [3.8, 4) is 0 Å². The molecule has 118 valence electrons. The first-order chi connectivity index (χ1) is 10.4. The molecule has 0 aliphatic heterocycles. The molecule has 2 aromatic rings. The number of nitrogens with one attached hydrogen (secondary N) is 1. The number of hydrogen-bond acceptors (Lipinski definition) is 3. The molecule has 0 radical (unpaired) electrons. The van der Waals surface area contributed by atoms with Gasteiger partial charge in [-0.2, -0.15) is 0 Å². The fourth-order valence-electron chi connectivity index (χ4n) is 2.28. The van der Waals surface area contributed by atoms with Gasteiger partial charge >= 0.3 is 0 Å². The van der Waals surface area contributed by atoms with E-state index in [9.17, 15) is 13.6 Å².